The van der Waals surface area contributed by atoms with Gasteiger partial charge in [0.25, 0.3) is 5.91 Å². The molecular weight excluding hydrogens is 266 g/mol. The van der Waals surface area contributed by atoms with Crippen molar-refractivity contribution in [2.75, 3.05) is 6.54 Å². The Bertz CT molecular complexity index is 644. The van der Waals surface area contributed by atoms with Crippen molar-refractivity contribution in [3.05, 3.63) is 59.0 Å². The molecule has 0 fully saturated rings. The minimum Gasteiger partial charge on any atom is -0.466 e. The number of benzene rings is 1. The van der Waals surface area contributed by atoms with Crippen molar-refractivity contribution < 1.29 is 14.3 Å². The summed E-state index contributed by atoms with van der Waals surface area (Å²) in [6.45, 7) is 1.73. The van der Waals surface area contributed by atoms with Crippen LogP contribution in [0.2, 0.25) is 0 Å². The Hall–Kier alpha value is -2.07. The first-order chi connectivity index (χ1) is 10.1. The zero-order valence-electron chi connectivity index (χ0n) is 12.1. The highest BCUT2D eigenvalue weighted by Crippen LogP contribution is 2.23. The molecule has 1 aliphatic carbocycles. The second-order valence-electron chi connectivity index (χ2n) is 5.77. The van der Waals surface area contributed by atoms with E-state index < -0.39 is 5.60 Å². The van der Waals surface area contributed by atoms with Crippen LogP contribution in [0.15, 0.2) is 41.0 Å². The summed E-state index contributed by atoms with van der Waals surface area (Å²) in [6, 6.07) is 9.25. The maximum atomic E-state index is 12.2. The molecule has 0 aliphatic heterocycles. The fraction of sp³-hybridized carbons (Fsp3) is 0.353. The van der Waals surface area contributed by atoms with Crippen LogP contribution in [0.1, 0.15) is 40.6 Å². The molecule has 1 unspecified atom stereocenters. The van der Waals surface area contributed by atoms with Gasteiger partial charge in [-0.3, -0.25) is 4.79 Å². The molecule has 4 heteroatoms. The fourth-order valence-electron chi connectivity index (χ4n) is 2.74. The molecule has 110 valence electrons. The van der Waals surface area contributed by atoms with Gasteiger partial charge in [0.05, 0.1) is 12.8 Å². The van der Waals surface area contributed by atoms with Crippen molar-refractivity contribution in [2.24, 2.45) is 0 Å². The second-order valence-corrected chi connectivity index (χ2v) is 5.77. The van der Waals surface area contributed by atoms with Crippen molar-refractivity contribution in [1.82, 2.24) is 5.32 Å². The summed E-state index contributed by atoms with van der Waals surface area (Å²) in [5.41, 5.74) is 2.04. The number of furan rings is 1. The van der Waals surface area contributed by atoms with Gasteiger partial charge in [0.15, 0.2) is 0 Å². The van der Waals surface area contributed by atoms with E-state index in [1.54, 1.807) is 19.1 Å². The van der Waals surface area contributed by atoms with Crippen LogP contribution >= 0.6 is 0 Å². The molecule has 0 radical (unpaired) electrons. The molecule has 1 atom stereocenters. The largest absolute Gasteiger partial charge is 0.466 e. The average Bonchev–Trinajstić information content (AvgIpc) is 3.14. The number of carbonyl (C=O) groups excluding carboxylic acids is 1. The van der Waals surface area contributed by atoms with E-state index in [0.29, 0.717) is 11.3 Å². The minimum absolute atomic E-state index is 0.108. The first kappa shape index (κ1) is 13.9. The number of fused-ring (bicyclic) bond motifs is 1. The van der Waals surface area contributed by atoms with Gasteiger partial charge in [0.1, 0.15) is 11.4 Å². The smallest absolute Gasteiger partial charge is 0.251 e. The Morgan fingerprint density at radius 2 is 2.14 bits per heavy atom. The third-order valence-corrected chi connectivity index (χ3v) is 4.01. The van der Waals surface area contributed by atoms with E-state index in [9.17, 15) is 9.90 Å². The molecule has 4 nitrogen and oxygen atoms in total. The maximum Gasteiger partial charge on any atom is 0.251 e. The van der Waals surface area contributed by atoms with Gasteiger partial charge in [-0.25, -0.2) is 0 Å². The molecule has 21 heavy (non-hydrogen) atoms. The highest BCUT2D eigenvalue weighted by Gasteiger charge is 2.27. The summed E-state index contributed by atoms with van der Waals surface area (Å²) in [5.74, 6) is 0.272. The van der Waals surface area contributed by atoms with Gasteiger partial charge in [-0.05, 0) is 61.6 Å². The first-order valence-electron chi connectivity index (χ1n) is 7.23. The normalized spacial score (nSPS) is 16.3. The average molecular weight is 285 g/mol. The predicted molar refractivity (Wildman–Crippen MR) is 79.1 cm³/mol. The molecule has 0 saturated carbocycles. The van der Waals surface area contributed by atoms with Crippen LogP contribution < -0.4 is 5.32 Å². The summed E-state index contributed by atoms with van der Waals surface area (Å²) >= 11 is 0. The van der Waals surface area contributed by atoms with Gasteiger partial charge < -0.3 is 14.8 Å². The van der Waals surface area contributed by atoms with Crippen LogP contribution in [0, 0.1) is 0 Å². The monoisotopic (exact) mass is 285 g/mol. The van der Waals surface area contributed by atoms with E-state index in [4.69, 9.17) is 4.42 Å². The van der Waals surface area contributed by atoms with E-state index in [1.165, 1.54) is 17.4 Å². The number of hydrogen-bond acceptors (Lipinski definition) is 3. The van der Waals surface area contributed by atoms with E-state index in [1.807, 2.05) is 18.2 Å². The minimum atomic E-state index is -1.21. The Morgan fingerprint density at radius 3 is 2.90 bits per heavy atom. The Labute approximate surface area is 123 Å². The molecular formula is C17H19NO3. The Balaban J connectivity index is 1.67. The highest BCUT2D eigenvalue weighted by molar-refractivity contribution is 5.94. The molecule has 2 N–H and O–H groups in total. The lowest BCUT2D eigenvalue weighted by molar-refractivity contribution is 0.0330. The predicted octanol–water partition coefficient (Wildman–Crippen LogP) is 2.41. The van der Waals surface area contributed by atoms with Crippen LogP contribution in [0.5, 0.6) is 0 Å². The van der Waals surface area contributed by atoms with E-state index >= 15 is 0 Å². The number of amides is 1. The summed E-state index contributed by atoms with van der Waals surface area (Å²) in [7, 11) is 0. The van der Waals surface area contributed by atoms with Crippen LogP contribution in [-0.4, -0.2) is 17.6 Å². The number of rotatable bonds is 4. The Morgan fingerprint density at radius 1 is 1.33 bits per heavy atom. The second kappa shape index (κ2) is 5.37. The summed E-state index contributed by atoms with van der Waals surface area (Å²) in [6.07, 6.45) is 4.81. The van der Waals surface area contributed by atoms with Crippen molar-refractivity contribution in [1.29, 1.82) is 0 Å². The lowest BCUT2D eigenvalue weighted by atomic mass is 10.0. The molecule has 0 spiro atoms. The van der Waals surface area contributed by atoms with E-state index in [0.717, 1.165) is 19.3 Å². The molecule has 0 saturated heterocycles. The van der Waals surface area contributed by atoms with Gasteiger partial charge in [-0.2, -0.15) is 0 Å². The number of nitrogens with one attached hydrogen (secondary N) is 1. The number of aryl methyl sites for hydroxylation is 2. The van der Waals surface area contributed by atoms with Gasteiger partial charge in [-0.15, -0.1) is 0 Å². The molecule has 1 amide bonds. The van der Waals surface area contributed by atoms with Crippen LogP contribution in [0.25, 0.3) is 0 Å². The maximum absolute atomic E-state index is 12.2. The van der Waals surface area contributed by atoms with Gasteiger partial charge >= 0.3 is 0 Å². The molecule has 1 aromatic carbocycles. The molecule has 2 aromatic rings. The molecule has 1 aliphatic rings. The zero-order chi connectivity index (χ0) is 14.9. The molecule has 1 aromatic heterocycles. The lowest BCUT2D eigenvalue weighted by Crippen LogP contribution is -2.38. The fourth-order valence-corrected chi connectivity index (χ4v) is 2.74. The Kier molecular flexibility index (Phi) is 3.55. The highest BCUT2D eigenvalue weighted by atomic mass is 16.4. The van der Waals surface area contributed by atoms with Crippen molar-refractivity contribution in [2.45, 2.75) is 31.8 Å². The SMILES string of the molecule is CC(O)(CNC(=O)c1ccc2c(c1)CCC2)c1ccco1. The molecule has 1 heterocycles. The van der Waals surface area contributed by atoms with Crippen LogP contribution in [-0.2, 0) is 18.4 Å². The van der Waals surface area contributed by atoms with Gasteiger partial charge in [0.2, 0.25) is 0 Å². The summed E-state index contributed by atoms with van der Waals surface area (Å²) in [4.78, 5) is 12.2. The van der Waals surface area contributed by atoms with Crippen LogP contribution in [0.3, 0.4) is 0 Å². The molecule has 0 bridgehead atoms. The van der Waals surface area contributed by atoms with Gasteiger partial charge in [-0.1, -0.05) is 6.07 Å². The van der Waals surface area contributed by atoms with E-state index in [-0.39, 0.29) is 12.5 Å². The number of aliphatic hydroxyl groups is 1. The third kappa shape index (κ3) is 2.85. The first-order valence-corrected chi connectivity index (χ1v) is 7.23. The quantitative estimate of drug-likeness (QED) is 0.906. The zero-order valence-corrected chi connectivity index (χ0v) is 12.1. The van der Waals surface area contributed by atoms with Crippen molar-refractivity contribution in [3.8, 4) is 0 Å². The third-order valence-electron chi connectivity index (χ3n) is 4.01. The number of carbonyl (C=O) groups is 1. The topological polar surface area (TPSA) is 62.5 Å². The standard InChI is InChI=1S/C17H19NO3/c1-17(20,15-6-3-9-21-15)11-18-16(19)14-8-7-12-4-2-5-13(12)10-14/h3,6-10,20H,2,4-5,11H2,1H3,(H,18,19). The van der Waals surface area contributed by atoms with Crippen molar-refractivity contribution >= 4 is 5.91 Å². The van der Waals surface area contributed by atoms with E-state index in [2.05, 4.69) is 5.32 Å². The number of hydrogen-bond donors (Lipinski definition) is 2. The molecule has 3 rings (SSSR count). The van der Waals surface area contributed by atoms with Crippen LogP contribution in [0.4, 0.5) is 0 Å². The van der Waals surface area contributed by atoms with Gasteiger partial charge in [0, 0.05) is 5.56 Å². The summed E-state index contributed by atoms with van der Waals surface area (Å²) in [5, 5.41) is 13.1. The lowest BCUT2D eigenvalue weighted by Gasteiger charge is -2.21. The summed E-state index contributed by atoms with van der Waals surface area (Å²) < 4.78 is 5.20. The van der Waals surface area contributed by atoms with Crippen molar-refractivity contribution in [3.63, 3.8) is 0 Å².